The Morgan fingerprint density at radius 2 is 1.03 bits per heavy atom. The van der Waals surface area contributed by atoms with E-state index in [9.17, 15) is 0 Å². The Kier molecular flexibility index (Phi) is 4.49. The van der Waals surface area contributed by atoms with Crippen molar-refractivity contribution >= 4 is 43.9 Å². The molecule has 0 aliphatic rings. The van der Waals surface area contributed by atoms with Crippen LogP contribution in [0.4, 0.5) is 0 Å². The summed E-state index contributed by atoms with van der Waals surface area (Å²) in [6, 6.07) is 44.5. The van der Waals surface area contributed by atoms with E-state index in [0.717, 1.165) is 60.9 Å². The lowest BCUT2D eigenvalue weighted by Gasteiger charge is -2.10. The van der Waals surface area contributed by atoms with Crippen LogP contribution in [0.3, 0.4) is 0 Å². The van der Waals surface area contributed by atoms with Crippen LogP contribution in [0.2, 0.25) is 0 Å². The van der Waals surface area contributed by atoms with Crippen LogP contribution < -0.4 is 0 Å². The summed E-state index contributed by atoms with van der Waals surface area (Å²) in [6.45, 7) is 0. The van der Waals surface area contributed by atoms with Crippen molar-refractivity contribution in [2.75, 3.05) is 0 Å². The largest absolute Gasteiger partial charge is 0.308 e. The monoisotopic (exact) mass is 486 g/mol. The van der Waals surface area contributed by atoms with E-state index in [1.807, 2.05) is 12.3 Å². The van der Waals surface area contributed by atoms with Crippen molar-refractivity contribution in [3.63, 3.8) is 0 Å². The highest BCUT2D eigenvalue weighted by atomic mass is 15.1. The molecule has 4 heteroatoms. The Labute approximate surface area is 219 Å². The van der Waals surface area contributed by atoms with E-state index in [4.69, 9.17) is 9.97 Å². The Bertz CT molecular complexity index is 2120. The molecule has 178 valence electrons. The third-order valence-electron chi connectivity index (χ3n) is 7.36. The predicted molar refractivity (Wildman–Crippen MR) is 156 cm³/mol. The van der Waals surface area contributed by atoms with Gasteiger partial charge in [0.05, 0.1) is 33.1 Å². The SMILES string of the molecule is c1ccc(-c2ccnc(-n3c4ccccc4c4nc5c6ccccc6n(-c6ccccc6)c5cc43)c2)cc1. The third-order valence-corrected chi connectivity index (χ3v) is 7.36. The molecule has 8 rings (SSSR count). The van der Waals surface area contributed by atoms with Gasteiger partial charge in [-0.25, -0.2) is 9.97 Å². The van der Waals surface area contributed by atoms with E-state index < -0.39 is 0 Å². The smallest absolute Gasteiger partial charge is 0.138 e. The average molecular weight is 487 g/mol. The maximum atomic E-state index is 5.34. The number of hydrogen-bond acceptors (Lipinski definition) is 2. The van der Waals surface area contributed by atoms with Crippen molar-refractivity contribution in [3.05, 3.63) is 134 Å². The molecule has 4 nitrogen and oxygen atoms in total. The van der Waals surface area contributed by atoms with Gasteiger partial charge in [-0.2, -0.15) is 0 Å². The van der Waals surface area contributed by atoms with Crippen LogP contribution >= 0.6 is 0 Å². The van der Waals surface area contributed by atoms with E-state index in [2.05, 4.69) is 130 Å². The fourth-order valence-electron chi connectivity index (χ4n) is 5.68. The van der Waals surface area contributed by atoms with Gasteiger partial charge < -0.3 is 4.57 Å². The molecule has 0 bridgehead atoms. The minimum absolute atomic E-state index is 0.876. The van der Waals surface area contributed by atoms with Crippen LogP contribution in [0.5, 0.6) is 0 Å². The minimum Gasteiger partial charge on any atom is -0.308 e. The van der Waals surface area contributed by atoms with Gasteiger partial charge in [0.1, 0.15) is 5.82 Å². The van der Waals surface area contributed by atoms with E-state index in [0.29, 0.717) is 0 Å². The van der Waals surface area contributed by atoms with Crippen LogP contribution in [0.25, 0.3) is 66.5 Å². The van der Waals surface area contributed by atoms with Crippen molar-refractivity contribution in [2.45, 2.75) is 0 Å². The van der Waals surface area contributed by atoms with E-state index in [1.165, 1.54) is 5.56 Å². The van der Waals surface area contributed by atoms with E-state index in [1.54, 1.807) is 0 Å². The molecule has 0 spiro atoms. The van der Waals surface area contributed by atoms with Crippen LogP contribution in [-0.4, -0.2) is 19.1 Å². The summed E-state index contributed by atoms with van der Waals surface area (Å²) in [6.07, 6.45) is 1.89. The van der Waals surface area contributed by atoms with Crippen molar-refractivity contribution in [2.24, 2.45) is 0 Å². The first-order chi connectivity index (χ1) is 18.9. The molecule has 0 N–H and O–H groups in total. The number of aromatic nitrogens is 4. The molecule has 38 heavy (non-hydrogen) atoms. The summed E-state index contributed by atoms with van der Waals surface area (Å²) in [4.78, 5) is 10.2. The fourth-order valence-corrected chi connectivity index (χ4v) is 5.68. The summed E-state index contributed by atoms with van der Waals surface area (Å²) in [7, 11) is 0. The Morgan fingerprint density at radius 1 is 0.447 bits per heavy atom. The number of pyridine rings is 2. The number of nitrogens with zero attached hydrogens (tertiary/aromatic N) is 4. The van der Waals surface area contributed by atoms with Gasteiger partial charge in [0.25, 0.3) is 0 Å². The molecule has 0 aliphatic heterocycles. The first-order valence-electron chi connectivity index (χ1n) is 12.8. The highest BCUT2D eigenvalue weighted by molar-refractivity contribution is 6.15. The summed E-state index contributed by atoms with van der Waals surface area (Å²) in [5.74, 6) is 0.876. The lowest BCUT2D eigenvalue weighted by molar-refractivity contribution is 1.08. The highest BCUT2D eigenvalue weighted by Crippen LogP contribution is 2.37. The third kappa shape index (κ3) is 3.04. The molecule has 0 saturated carbocycles. The van der Waals surface area contributed by atoms with Crippen molar-refractivity contribution in [1.29, 1.82) is 0 Å². The Hall–Kier alpha value is -5.22. The normalized spacial score (nSPS) is 11.7. The van der Waals surface area contributed by atoms with Gasteiger partial charge in [-0.05, 0) is 53.6 Å². The van der Waals surface area contributed by atoms with Gasteiger partial charge in [-0.1, -0.05) is 84.9 Å². The van der Waals surface area contributed by atoms with Crippen molar-refractivity contribution in [1.82, 2.24) is 19.1 Å². The zero-order chi connectivity index (χ0) is 25.1. The quantitative estimate of drug-likeness (QED) is 0.252. The second-order valence-corrected chi connectivity index (χ2v) is 9.53. The van der Waals surface area contributed by atoms with Gasteiger partial charge >= 0.3 is 0 Å². The van der Waals surface area contributed by atoms with Gasteiger partial charge in [-0.15, -0.1) is 0 Å². The first-order valence-corrected chi connectivity index (χ1v) is 12.8. The van der Waals surface area contributed by atoms with Gasteiger partial charge in [0.15, 0.2) is 0 Å². The highest BCUT2D eigenvalue weighted by Gasteiger charge is 2.20. The van der Waals surface area contributed by atoms with Crippen LogP contribution in [0.1, 0.15) is 0 Å². The fraction of sp³-hybridized carbons (Fsp3) is 0. The number of hydrogen-bond donors (Lipinski definition) is 0. The Balaban J connectivity index is 1.50. The summed E-state index contributed by atoms with van der Waals surface area (Å²) < 4.78 is 4.56. The molecule has 0 saturated heterocycles. The number of para-hydroxylation sites is 3. The maximum absolute atomic E-state index is 5.34. The lowest BCUT2D eigenvalue weighted by atomic mass is 10.1. The zero-order valence-corrected chi connectivity index (χ0v) is 20.5. The number of rotatable bonds is 3. The number of fused-ring (bicyclic) bond motifs is 6. The van der Waals surface area contributed by atoms with Gasteiger partial charge in [0, 0.05) is 22.7 Å². The molecule has 0 amide bonds. The van der Waals surface area contributed by atoms with Crippen LogP contribution in [-0.2, 0) is 0 Å². The maximum Gasteiger partial charge on any atom is 0.138 e. The molecule has 4 aromatic carbocycles. The molecule has 0 unspecified atom stereocenters. The zero-order valence-electron chi connectivity index (χ0n) is 20.5. The lowest BCUT2D eigenvalue weighted by Crippen LogP contribution is -1.98. The van der Waals surface area contributed by atoms with Crippen LogP contribution in [0, 0.1) is 0 Å². The topological polar surface area (TPSA) is 35.6 Å². The van der Waals surface area contributed by atoms with E-state index in [-0.39, 0.29) is 0 Å². The standard InChI is InChI=1S/C34H22N4/c1-3-11-23(12-4-1)24-19-20-35-32(21-24)38-29-18-10-8-16-27(29)34-31(38)22-30-33(36-34)26-15-7-9-17-28(26)37(30)25-13-5-2-6-14-25/h1-22H. The molecule has 0 fully saturated rings. The molecule has 8 aromatic rings. The Morgan fingerprint density at radius 3 is 1.74 bits per heavy atom. The predicted octanol–water partition coefficient (Wildman–Crippen LogP) is 8.34. The van der Waals surface area contributed by atoms with Gasteiger partial charge in [0.2, 0.25) is 0 Å². The summed E-state index contributed by atoms with van der Waals surface area (Å²) in [5.41, 5.74) is 9.76. The van der Waals surface area contributed by atoms with E-state index >= 15 is 0 Å². The van der Waals surface area contributed by atoms with Gasteiger partial charge in [-0.3, -0.25) is 4.57 Å². The summed E-state index contributed by atoms with van der Waals surface area (Å²) in [5, 5.41) is 2.27. The summed E-state index contributed by atoms with van der Waals surface area (Å²) >= 11 is 0. The molecule has 0 radical (unpaired) electrons. The second-order valence-electron chi connectivity index (χ2n) is 9.53. The molecule has 0 aliphatic carbocycles. The molecular weight excluding hydrogens is 464 g/mol. The molecular formula is C34H22N4. The molecule has 4 heterocycles. The van der Waals surface area contributed by atoms with Crippen molar-refractivity contribution in [3.8, 4) is 22.6 Å². The average Bonchev–Trinajstić information content (AvgIpc) is 3.49. The molecule has 0 atom stereocenters. The number of benzene rings is 4. The minimum atomic E-state index is 0.876. The first kappa shape index (κ1) is 20.9. The molecule has 4 aromatic heterocycles. The van der Waals surface area contributed by atoms with Crippen molar-refractivity contribution < 1.29 is 0 Å². The second kappa shape index (κ2) is 8.15. The van der Waals surface area contributed by atoms with Crippen LogP contribution in [0.15, 0.2) is 134 Å².